The number of carbonyl (C=O) groups excluding carboxylic acids is 2. The third kappa shape index (κ3) is 6.79. The van der Waals surface area contributed by atoms with E-state index in [1.807, 2.05) is 0 Å². The van der Waals surface area contributed by atoms with Crippen LogP contribution in [-0.2, 0) is 14.4 Å². The number of hydrogen-bond donors (Lipinski definition) is 2. The summed E-state index contributed by atoms with van der Waals surface area (Å²) in [5, 5.41) is 3.68. The van der Waals surface area contributed by atoms with E-state index in [0.29, 0.717) is 22.6 Å². The lowest BCUT2D eigenvalue weighted by molar-refractivity contribution is -0.148. The van der Waals surface area contributed by atoms with Gasteiger partial charge in [0.15, 0.2) is 5.96 Å². The van der Waals surface area contributed by atoms with Crippen molar-refractivity contribution in [3.8, 4) is 5.75 Å². The topological polar surface area (TPSA) is 139 Å². The maximum absolute atomic E-state index is 12.2. The number of benzene rings is 2. The number of nitrogens with zero attached hydrogens (tertiary/aromatic N) is 2. The summed E-state index contributed by atoms with van der Waals surface area (Å²) < 4.78 is 10.0. The second-order valence-electron chi connectivity index (χ2n) is 5.36. The average Bonchev–Trinajstić information content (AvgIpc) is 2.66. The number of carbonyl (C=O) groups is 2. The first-order valence-electron chi connectivity index (χ1n) is 8.31. The van der Waals surface area contributed by atoms with Crippen molar-refractivity contribution >= 4 is 29.8 Å². The molecule has 2 aromatic carbocycles. The van der Waals surface area contributed by atoms with Crippen LogP contribution in [0.1, 0.15) is 22.8 Å². The zero-order valence-corrected chi connectivity index (χ0v) is 15.2. The van der Waals surface area contributed by atoms with Crippen LogP contribution in [0.25, 0.3) is 0 Å². The van der Waals surface area contributed by atoms with Crippen LogP contribution >= 0.6 is 0 Å². The molecule has 0 aliphatic carbocycles. The van der Waals surface area contributed by atoms with E-state index in [0.717, 1.165) is 0 Å². The van der Waals surface area contributed by atoms with Gasteiger partial charge in [0.25, 0.3) is 0 Å². The minimum absolute atomic E-state index is 0.0694. The molecule has 0 spiro atoms. The Balaban J connectivity index is 1.95. The van der Waals surface area contributed by atoms with Crippen LogP contribution in [0.4, 0.5) is 5.69 Å². The molecule has 0 saturated carbocycles. The van der Waals surface area contributed by atoms with E-state index >= 15 is 0 Å². The van der Waals surface area contributed by atoms with Gasteiger partial charge in [0.2, 0.25) is 6.61 Å². The molecule has 0 atom stereocenters. The first-order valence-corrected chi connectivity index (χ1v) is 8.31. The van der Waals surface area contributed by atoms with Crippen molar-refractivity contribution < 1.29 is 23.9 Å². The molecule has 0 amide bonds. The predicted molar refractivity (Wildman–Crippen MR) is 103 cm³/mol. The van der Waals surface area contributed by atoms with Gasteiger partial charge in [-0.3, -0.25) is 0 Å². The molecule has 0 fully saturated rings. The number of hydrogen-bond acceptors (Lipinski definition) is 7. The molecule has 0 aromatic heterocycles. The SMILES string of the molecule is CCOC(=O)CON=Cc1cccc(OC(=O)c2ccc(N=C(N)N)cc2)c1. The van der Waals surface area contributed by atoms with E-state index in [2.05, 4.69) is 10.1 Å². The molecule has 0 unspecified atom stereocenters. The molecule has 0 radical (unpaired) electrons. The van der Waals surface area contributed by atoms with E-state index in [4.69, 9.17) is 25.8 Å². The Kier molecular flexibility index (Phi) is 7.53. The van der Waals surface area contributed by atoms with Gasteiger partial charge >= 0.3 is 11.9 Å². The summed E-state index contributed by atoms with van der Waals surface area (Å²) in [6.07, 6.45) is 1.39. The van der Waals surface area contributed by atoms with Crippen LogP contribution in [0.5, 0.6) is 5.75 Å². The number of guanidine groups is 1. The van der Waals surface area contributed by atoms with Crippen LogP contribution in [-0.4, -0.2) is 37.3 Å². The Morgan fingerprint density at radius 2 is 1.86 bits per heavy atom. The first kappa shape index (κ1) is 20.4. The monoisotopic (exact) mass is 384 g/mol. The third-order valence-electron chi connectivity index (χ3n) is 3.19. The van der Waals surface area contributed by atoms with E-state index in [9.17, 15) is 9.59 Å². The highest BCUT2D eigenvalue weighted by molar-refractivity contribution is 5.92. The van der Waals surface area contributed by atoms with Gasteiger partial charge < -0.3 is 25.8 Å². The molecule has 9 nitrogen and oxygen atoms in total. The second-order valence-corrected chi connectivity index (χ2v) is 5.36. The molecular formula is C19H20N4O5. The van der Waals surface area contributed by atoms with E-state index in [1.54, 1.807) is 55.5 Å². The lowest BCUT2D eigenvalue weighted by Crippen LogP contribution is -2.21. The maximum atomic E-state index is 12.2. The summed E-state index contributed by atoms with van der Waals surface area (Å²) in [5.41, 5.74) is 12.1. The Hall–Kier alpha value is -3.88. The quantitative estimate of drug-likeness (QED) is 0.232. The molecule has 0 aliphatic rings. The zero-order valence-electron chi connectivity index (χ0n) is 15.2. The number of oxime groups is 1. The first-order chi connectivity index (χ1) is 13.5. The Morgan fingerprint density at radius 3 is 2.54 bits per heavy atom. The molecule has 28 heavy (non-hydrogen) atoms. The fraction of sp³-hybridized carbons (Fsp3) is 0.158. The van der Waals surface area contributed by atoms with Crippen LogP contribution in [0.15, 0.2) is 58.7 Å². The van der Waals surface area contributed by atoms with E-state index in [1.165, 1.54) is 6.21 Å². The van der Waals surface area contributed by atoms with Gasteiger partial charge in [-0.25, -0.2) is 14.6 Å². The van der Waals surface area contributed by atoms with Crippen LogP contribution < -0.4 is 16.2 Å². The van der Waals surface area contributed by atoms with Gasteiger partial charge in [-0.1, -0.05) is 17.3 Å². The molecule has 146 valence electrons. The summed E-state index contributed by atoms with van der Waals surface area (Å²) in [6, 6.07) is 13.0. The van der Waals surface area contributed by atoms with Gasteiger partial charge in [-0.2, -0.15) is 0 Å². The molecule has 9 heteroatoms. The summed E-state index contributed by atoms with van der Waals surface area (Å²) in [7, 11) is 0. The average molecular weight is 384 g/mol. The normalized spacial score (nSPS) is 10.3. The number of rotatable bonds is 8. The minimum Gasteiger partial charge on any atom is -0.463 e. The second kappa shape index (κ2) is 10.3. The maximum Gasteiger partial charge on any atom is 0.347 e. The van der Waals surface area contributed by atoms with Crippen molar-refractivity contribution in [3.05, 3.63) is 59.7 Å². The highest BCUT2D eigenvalue weighted by atomic mass is 16.6. The molecule has 0 saturated heterocycles. The highest BCUT2D eigenvalue weighted by Crippen LogP contribution is 2.17. The summed E-state index contributed by atoms with van der Waals surface area (Å²) >= 11 is 0. The van der Waals surface area contributed by atoms with E-state index in [-0.39, 0.29) is 19.2 Å². The van der Waals surface area contributed by atoms with Crippen molar-refractivity contribution in [2.75, 3.05) is 13.2 Å². The molecular weight excluding hydrogens is 364 g/mol. The van der Waals surface area contributed by atoms with Crippen molar-refractivity contribution in [1.29, 1.82) is 0 Å². The molecule has 2 aromatic rings. The largest absolute Gasteiger partial charge is 0.463 e. The fourth-order valence-electron chi connectivity index (χ4n) is 2.04. The minimum atomic E-state index is -0.538. The summed E-state index contributed by atoms with van der Waals surface area (Å²) in [4.78, 5) is 32.1. The third-order valence-corrected chi connectivity index (χ3v) is 3.19. The number of esters is 2. The van der Waals surface area contributed by atoms with Gasteiger partial charge in [-0.05, 0) is 48.9 Å². The van der Waals surface area contributed by atoms with Crippen molar-refractivity contribution in [1.82, 2.24) is 0 Å². The number of ether oxygens (including phenoxy) is 2. The predicted octanol–water partition coefficient (Wildman–Crippen LogP) is 1.72. The number of aliphatic imine (C=N–C) groups is 1. The Labute approximate surface area is 161 Å². The van der Waals surface area contributed by atoms with Gasteiger partial charge in [0, 0.05) is 0 Å². The van der Waals surface area contributed by atoms with E-state index < -0.39 is 11.9 Å². The van der Waals surface area contributed by atoms with Gasteiger partial charge in [-0.15, -0.1) is 0 Å². The summed E-state index contributed by atoms with van der Waals surface area (Å²) in [6.45, 7) is 1.69. The van der Waals surface area contributed by atoms with Crippen LogP contribution in [0, 0.1) is 0 Å². The van der Waals surface area contributed by atoms with Crippen molar-refractivity contribution in [2.24, 2.45) is 21.6 Å². The Morgan fingerprint density at radius 1 is 1.11 bits per heavy atom. The lowest BCUT2D eigenvalue weighted by atomic mass is 10.2. The van der Waals surface area contributed by atoms with Crippen LogP contribution in [0.2, 0.25) is 0 Å². The molecule has 0 aliphatic heterocycles. The standard InChI is InChI=1S/C19H20N4O5/c1-2-26-17(24)12-27-22-11-13-4-3-5-16(10-13)28-18(25)14-6-8-15(9-7-14)23-19(20)21/h3-11H,2,12H2,1H3,(H4,20,21,23). The molecule has 0 heterocycles. The zero-order chi connectivity index (χ0) is 20.4. The Bertz CT molecular complexity index is 874. The van der Waals surface area contributed by atoms with Gasteiger partial charge in [0.05, 0.1) is 24.1 Å². The van der Waals surface area contributed by atoms with Crippen molar-refractivity contribution in [3.63, 3.8) is 0 Å². The fourth-order valence-corrected chi connectivity index (χ4v) is 2.04. The highest BCUT2D eigenvalue weighted by Gasteiger charge is 2.09. The lowest BCUT2D eigenvalue weighted by Gasteiger charge is -2.05. The smallest absolute Gasteiger partial charge is 0.347 e. The number of nitrogens with two attached hydrogens (primary N) is 2. The summed E-state index contributed by atoms with van der Waals surface area (Å²) in [5.74, 6) is -0.787. The van der Waals surface area contributed by atoms with Gasteiger partial charge in [0.1, 0.15) is 5.75 Å². The molecule has 4 N–H and O–H groups in total. The molecule has 2 rings (SSSR count). The van der Waals surface area contributed by atoms with Crippen molar-refractivity contribution in [2.45, 2.75) is 6.92 Å². The van der Waals surface area contributed by atoms with Crippen LogP contribution in [0.3, 0.4) is 0 Å². The molecule has 0 bridgehead atoms.